The molecule has 2 aromatic carbocycles. The standard InChI is InChI=1S/C16H20N2O/c1-2-12-19-16-10-11-17-18(16)15-9-5-7-13-6-3-4-8-14(13)15/h3-9,16-17H,2,10-12H2,1H3. The number of nitrogens with zero attached hydrogens (tertiary/aromatic N) is 1. The van der Waals surface area contributed by atoms with Gasteiger partial charge in [-0.2, -0.15) is 0 Å². The van der Waals surface area contributed by atoms with E-state index in [0.29, 0.717) is 0 Å². The van der Waals surface area contributed by atoms with E-state index >= 15 is 0 Å². The van der Waals surface area contributed by atoms with Crippen LogP contribution in [0.4, 0.5) is 5.69 Å². The van der Waals surface area contributed by atoms with E-state index in [1.54, 1.807) is 0 Å². The first kappa shape index (κ1) is 12.5. The molecule has 19 heavy (non-hydrogen) atoms. The number of hydrazine groups is 1. The largest absolute Gasteiger partial charge is 0.357 e. The molecular weight excluding hydrogens is 236 g/mol. The first-order chi connectivity index (χ1) is 9.40. The van der Waals surface area contributed by atoms with Crippen molar-refractivity contribution in [1.29, 1.82) is 0 Å². The van der Waals surface area contributed by atoms with E-state index in [1.165, 1.54) is 16.5 Å². The Kier molecular flexibility index (Phi) is 3.67. The Hall–Kier alpha value is -1.58. The van der Waals surface area contributed by atoms with Crippen LogP contribution in [0.5, 0.6) is 0 Å². The van der Waals surface area contributed by atoms with Gasteiger partial charge in [-0.25, -0.2) is 5.43 Å². The van der Waals surface area contributed by atoms with Gasteiger partial charge in [-0.05, 0) is 17.9 Å². The van der Waals surface area contributed by atoms with Crippen molar-refractivity contribution in [2.45, 2.75) is 26.0 Å². The monoisotopic (exact) mass is 256 g/mol. The molecule has 0 spiro atoms. The van der Waals surface area contributed by atoms with E-state index in [2.05, 4.69) is 59.8 Å². The number of benzene rings is 2. The topological polar surface area (TPSA) is 24.5 Å². The summed E-state index contributed by atoms with van der Waals surface area (Å²) in [4.78, 5) is 0. The molecule has 1 N–H and O–H groups in total. The van der Waals surface area contributed by atoms with Gasteiger partial charge in [-0.15, -0.1) is 0 Å². The zero-order valence-corrected chi connectivity index (χ0v) is 11.3. The Balaban J connectivity index is 1.94. The number of rotatable bonds is 4. The van der Waals surface area contributed by atoms with Crippen molar-refractivity contribution in [3.05, 3.63) is 42.5 Å². The van der Waals surface area contributed by atoms with E-state index in [9.17, 15) is 0 Å². The summed E-state index contributed by atoms with van der Waals surface area (Å²) in [6.45, 7) is 3.93. The average molecular weight is 256 g/mol. The molecule has 1 fully saturated rings. The van der Waals surface area contributed by atoms with Crippen molar-refractivity contribution in [2.24, 2.45) is 0 Å². The molecule has 0 aromatic heterocycles. The number of hydrogen-bond donors (Lipinski definition) is 1. The van der Waals surface area contributed by atoms with Crippen LogP contribution in [0.1, 0.15) is 19.8 Å². The first-order valence-corrected chi connectivity index (χ1v) is 7.02. The second-order valence-electron chi connectivity index (χ2n) is 4.89. The fraction of sp³-hybridized carbons (Fsp3) is 0.375. The van der Waals surface area contributed by atoms with Crippen LogP contribution in [0.25, 0.3) is 10.8 Å². The van der Waals surface area contributed by atoms with Gasteiger partial charge in [0.15, 0.2) is 0 Å². The van der Waals surface area contributed by atoms with Gasteiger partial charge < -0.3 is 4.74 Å². The van der Waals surface area contributed by atoms with Crippen LogP contribution >= 0.6 is 0 Å². The lowest BCUT2D eigenvalue weighted by Crippen LogP contribution is -2.39. The summed E-state index contributed by atoms with van der Waals surface area (Å²) in [6, 6.07) is 14.9. The van der Waals surface area contributed by atoms with Gasteiger partial charge in [-0.3, -0.25) is 5.01 Å². The number of ether oxygens (including phenoxy) is 1. The smallest absolute Gasteiger partial charge is 0.145 e. The van der Waals surface area contributed by atoms with Crippen molar-refractivity contribution < 1.29 is 4.74 Å². The molecule has 0 bridgehead atoms. The number of hydrogen-bond acceptors (Lipinski definition) is 3. The summed E-state index contributed by atoms with van der Waals surface area (Å²) in [6.07, 6.45) is 2.23. The highest BCUT2D eigenvalue weighted by Gasteiger charge is 2.26. The molecule has 1 heterocycles. The summed E-state index contributed by atoms with van der Waals surface area (Å²) in [5.41, 5.74) is 4.64. The molecule has 1 unspecified atom stereocenters. The molecule has 2 aromatic rings. The maximum atomic E-state index is 5.93. The average Bonchev–Trinajstić information content (AvgIpc) is 2.92. The Bertz CT molecular complexity index is 550. The fourth-order valence-corrected chi connectivity index (χ4v) is 2.61. The molecule has 0 amide bonds. The van der Waals surface area contributed by atoms with Gasteiger partial charge in [0.25, 0.3) is 0 Å². The molecule has 3 rings (SSSR count). The highest BCUT2D eigenvalue weighted by atomic mass is 16.5. The normalized spacial score (nSPS) is 19.2. The third-order valence-electron chi connectivity index (χ3n) is 3.50. The minimum absolute atomic E-state index is 0.144. The Morgan fingerprint density at radius 3 is 2.95 bits per heavy atom. The number of anilines is 1. The molecule has 1 aliphatic heterocycles. The first-order valence-electron chi connectivity index (χ1n) is 7.02. The van der Waals surface area contributed by atoms with Gasteiger partial charge in [0.2, 0.25) is 0 Å². The predicted octanol–water partition coefficient (Wildman–Crippen LogP) is 3.31. The van der Waals surface area contributed by atoms with Crippen molar-refractivity contribution in [1.82, 2.24) is 5.43 Å². The summed E-state index contributed by atoms with van der Waals surface area (Å²) in [5, 5.41) is 4.71. The summed E-state index contributed by atoms with van der Waals surface area (Å²) in [7, 11) is 0. The second-order valence-corrected chi connectivity index (χ2v) is 4.89. The van der Waals surface area contributed by atoms with E-state index in [4.69, 9.17) is 4.74 Å². The molecule has 3 heteroatoms. The van der Waals surface area contributed by atoms with Crippen LogP contribution in [-0.4, -0.2) is 19.4 Å². The third-order valence-corrected chi connectivity index (χ3v) is 3.50. The van der Waals surface area contributed by atoms with Crippen LogP contribution in [0.2, 0.25) is 0 Å². The quantitative estimate of drug-likeness (QED) is 0.908. The minimum Gasteiger partial charge on any atom is -0.357 e. The predicted molar refractivity (Wildman–Crippen MR) is 79.1 cm³/mol. The van der Waals surface area contributed by atoms with E-state index < -0.39 is 0 Å². The highest BCUT2D eigenvalue weighted by molar-refractivity contribution is 5.94. The lowest BCUT2D eigenvalue weighted by Gasteiger charge is -2.27. The molecule has 0 saturated carbocycles. The number of fused-ring (bicyclic) bond motifs is 1. The Morgan fingerprint density at radius 2 is 2.05 bits per heavy atom. The van der Waals surface area contributed by atoms with E-state index in [0.717, 1.165) is 26.0 Å². The lowest BCUT2D eigenvalue weighted by atomic mass is 10.1. The molecule has 100 valence electrons. The van der Waals surface area contributed by atoms with Gasteiger partial charge in [0, 0.05) is 25.0 Å². The molecular formula is C16H20N2O. The second kappa shape index (κ2) is 5.59. The zero-order chi connectivity index (χ0) is 13.1. The van der Waals surface area contributed by atoms with Crippen LogP contribution in [-0.2, 0) is 4.74 Å². The van der Waals surface area contributed by atoms with Crippen molar-refractivity contribution in [2.75, 3.05) is 18.2 Å². The van der Waals surface area contributed by atoms with Gasteiger partial charge in [-0.1, -0.05) is 43.3 Å². The van der Waals surface area contributed by atoms with Crippen LogP contribution in [0.15, 0.2) is 42.5 Å². The Labute approximate surface area is 114 Å². The van der Waals surface area contributed by atoms with Crippen molar-refractivity contribution in [3.8, 4) is 0 Å². The maximum Gasteiger partial charge on any atom is 0.145 e. The lowest BCUT2D eigenvalue weighted by molar-refractivity contribution is 0.0597. The zero-order valence-electron chi connectivity index (χ0n) is 11.3. The molecule has 0 radical (unpaired) electrons. The SMILES string of the molecule is CCCOC1CCNN1c1cccc2ccccc12. The van der Waals surface area contributed by atoms with Crippen molar-refractivity contribution >= 4 is 16.5 Å². The maximum absolute atomic E-state index is 5.93. The van der Waals surface area contributed by atoms with Gasteiger partial charge >= 0.3 is 0 Å². The molecule has 0 aliphatic carbocycles. The molecule has 1 saturated heterocycles. The van der Waals surface area contributed by atoms with Crippen molar-refractivity contribution in [3.63, 3.8) is 0 Å². The third kappa shape index (κ3) is 2.44. The Morgan fingerprint density at radius 1 is 1.21 bits per heavy atom. The molecule has 1 atom stereocenters. The van der Waals surface area contributed by atoms with Gasteiger partial charge in [0.05, 0.1) is 5.69 Å². The molecule has 1 aliphatic rings. The fourth-order valence-electron chi connectivity index (χ4n) is 2.61. The van der Waals surface area contributed by atoms with Crippen LogP contribution in [0.3, 0.4) is 0 Å². The highest BCUT2D eigenvalue weighted by Crippen LogP contribution is 2.29. The number of nitrogens with one attached hydrogen (secondary N) is 1. The van der Waals surface area contributed by atoms with Crippen LogP contribution < -0.4 is 10.4 Å². The van der Waals surface area contributed by atoms with E-state index in [1.807, 2.05) is 0 Å². The summed E-state index contributed by atoms with van der Waals surface area (Å²) < 4.78 is 5.93. The summed E-state index contributed by atoms with van der Waals surface area (Å²) in [5.74, 6) is 0. The van der Waals surface area contributed by atoms with Crippen LogP contribution in [0, 0.1) is 0 Å². The summed E-state index contributed by atoms with van der Waals surface area (Å²) >= 11 is 0. The van der Waals surface area contributed by atoms with Gasteiger partial charge in [0.1, 0.15) is 6.23 Å². The minimum atomic E-state index is 0.144. The molecule has 3 nitrogen and oxygen atoms in total. The van der Waals surface area contributed by atoms with E-state index in [-0.39, 0.29) is 6.23 Å².